The third kappa shape index (κ3) is 17.4. The first-order valence-electron chi connectivity index (χ1n) is 27.2. The molecule has 3 heterocycles. The van der Waals surface area contributed by atoms with E-state index in [9.17, 15) is 34.5 Å². The van der Waals surface area contributed by atoms with Crippen LogP contribution < -0.4 is 0 Å². The van der Waals surface area contributed by atoms with E-state index in [0.29, 0.717) is 50.7 Å². The Balaban J connectivity index is 1.71. The maximum absolute atomic E-state index is 14.6. The molecule has 1 saturated carbocycles. The minimum Gasteiger partial charge on any atom is -0.460 e. The molecule has 15 atom stereocenters. The molecule has 1 amide bonds. The van der Waals surface area contributed by atoms with E-state index in [0.717, 1.165) is 49.7 Å². The van der Waals surface area contributed by atoms with Crippen LogP contribution in [0.15, 0.2) is 59.8 Å². The molecule has 3 N–H and O–H groups in total. The second kappa shape index (κ2) is 30.3. The summed E-state index contributed by atoms with van der Waals surface area (Å²) in [4.78, 5) is 59.0. The van der Waals surface area contributed by atoms with Gasteiger partial charge >= 0.3 is 5.97 Å². The van der Waals surface area contributed by atoms with Crippen LogP contribution in [0.25, 0.3) is 0 Å². The van der Waals surface area contributed by atoms with E-state index in [2.05, 4.69) is 33.4 Å². The summed E-state index contributed by atoms with van der Waals surface area (Å²) in [5.74, 6) is -6.79. The van der Waals surface area contributed by atoms with Crippen molar-refractivity contribution in [1.82, 2.24) is 4.90 Å². The number of esters is 1. The van der Waals surface area contributed by atoms with Crippen LogP contribution in [-0.4, -0.2) is 139 Å². The van der Waals surface area contributed by atoms with Gasteiger partial charge in [-0.15, -0.1) is 0 Å². The molecule has 4 aliphatic rings. The Morgan fingerprint density at radius 3 is 2.31 bits per heavy atom. The second-order valence-corrected chi connectivity index (χ2v) is 21.7. The molecule has 14 heteroatoms. The summed E-state index contributed by atoms with van der Waals surface area (Å²) in [5.41, 5.74) is 2.17. The van der Waals surface area contributed by atoms with E-state index in [1.54, 1.807) is 41.1 Å². The number of hydrogen-bond acceptors (Lipinski definition) is 13. The number of hydrogen-bond donors (Lipinski definition) is 3. The SMILES string of the molecule is C=C1[C@H](C)C[C@H](C)/C=C/C=C/C=C(\C)C(OCCCO)C[C@@H]2CC[C@@H](C)[C@@](O)(O2)C(=O)C(=O)N2CCCC[C@H]2C(=O)O[C@H]([C@H](C)C[C@@H]2CC[C@@H](OCCCC)[C@H](OC)C2)CC(=O)[C@H](C)/C=C(\C)[C@@H](O)[C@H]1OC. The summed E-state index contributed by atoms with van der Waals surface area (Å²) in [6, 6.07) is -1.12. The van der Waals surface area contributed by atoms with Gasteiger partial charge in [-0.25, -0.2) is 4.79 Å². The summed E-state index contributed by atoms with van der Waals surface area (Å²) < 4.78 is 36.9. The van der Waals surface area contributed by atoms with Crippen LogP contribution in [0.3, 0.4) is 0 Å². The standard InChI is InChI=1S/C58H93NO13/c1-12-13-29-69-49-26-24-45(34-52(49)67-10)33-41(6)51-36-48(61)40(5)32-42(7)53(62)54(68-11)44(9)39(4)31-37(2)20-15-14-16-21-38(3)50(70-30-19-28-60)35-46-25-23-43(8)58(66,72-46)55(63)56(64)59-27-18-17-22-47(59)57(65)71-51/h14-16,20-21,32,37,39-41,43,45-47,49-54,60,62,66H,9,12-13,17-19,22-31,33-36H2,1-8,10-11H3/b16-14+,20-15+,38-21+,42-32+/t37-,39-,40-,41-,43-,45+,46+,47+,49-,50?,51+,52-,53-,54+,58-/m1/s1. The van der Waals surface area contributed by atoms with Crippen LogP contribution in [0.2, 0.25) is 0 Å². The molecule has 1 aliphatic carbocycles. The smallest absolute Gasteiger partial charge is 0.329 e. The highest BCUT2D eigenvalue weighted by Crippen LogP contribution is 2.38. The van der Waals surface area contributed by atoms with Crippen molar-refractivity contribution in [3.8, 4) is 0 Å². The molecule has 0 aromatic heterocycles. The zero-order valence-electron chi connectivity index (χ0n) is 45.6. The number of methoxy groups -OCH3 is 2. The molecule has 1 unspecified atom stereocenters. The number of Topliss-reactive ketones (excluding diaryl/α,β-unsaturated/α-hetero) is 2. The van der Waals surface area contributed by atoms with Crippen molar-refractivity contribution in [2.75, 3.05) is 40.6 Å². The van der Waals surface area contributed by atoms with Crippen LogP contribution in [0, 0.1) is 35.5 Å². The van der Waals surface area contributed by atoms with Gasteiger partial charge in [-0.1, -0.05) is 91.0 Å². The number of aliphatic hydroxyl groups excluding tert-OH is 2. The van der Waals surface area contributed by atoms with Crippen molar-refractivity contribution in [2.45, 2.75) is 206 Å². The summed E-state index contributed by atoms with van der Waals surface area (Å²) in [6.07, 6.45) is 16.5. The molecule has 2 saturated heterocycles. The molecule has 3 fully saturated rings. The fourth-order valence-corrected chi connectivity index (χ4v) is 11.0. The van der Waals surface area contributed by atoms with Crippen molar-refractivity contribution in [1.29, 1.82) is 0 Å². The first-order valence-corrected chi connectivity index (χ1v) is 27.2. The first kappa shape index (κ1) is 61.2. The highest BCUT2D eigenvalue weighted by atomic mass is 16.6. The average molecular weight is 1010 g/mol. The number of cyclic esters (lactones) is 1. The lowest BCUT2D eigenvalue weighted by Gasteiger charge is -2.43. The average Bonchev–Trinajstić information content (AvgIpc) is 3.36. The second-order valence-electron chi connectivity index (χ2n) is 21.7. The normalized spacial score (nSPS) is 37.7. The summed E-state index contributed by atoms with van der Waals surface area (Å²) in [6.45, 7) is 20.8. The predicted molar refractivity (Wildman–Crippen MR) is 279 cm³/mol. The van der Waals surface area contributed by atoms with Crippen LogP contribution in [0.4, 0.5) is 0 Å². The van der Waals surface area contributed by atoms with Crippen molar-refractivity contribution in [2.24, 2.45) is 35.5 Å². The lowest BCUT2D eigenvalue weighted by molar-refractivity contribution is -0.266. The Bertz CT molecular complexity index is 1880. The van der Waals surface area contributed by atoms with E-state index >= 15 is 0 Å². The van der Waals surface area contributed by atoms with Gasteiger partial charge < -0.3 is 48.6 Å². The number of carbonyl (C=O) groups excluding carboxylic acids is 4. The Hall–Kier alpha value is -3.34. The number of amides is 1. The van der Waals surface area contributed by atoms with E-state index < -0.39 is 71.8 Å². The fourth-order valence-electron chi connectivity index (χ4n) is 11.0. The third-order valence-corrected chi connectivity index (χ3v) is 15.9. The molecular formula is C58H93NO13. The number of aliphatic hydroxyl groups is 3. The number of piperidine rings is 1. The predicted octanol–water partition coefficient (Wildman–Crippen LogP) is 8.74. The number of ketones is 2. The first-order chi connectivity index (χ1) is 34.3. The zero-order chi connectivity index (χ0) is 53.1. The van der Waals surface area contributed by atoms with Crippen LogP contribution in [0.1, 0.15) is 152 Å². The van der Waals surface area contributed by atoms with Gasteiger partial charge in [0.2, 0.25) is 5.79 Å². The van der Waals surface area contributed by atoms with Crippen LogP contribution in [0.5, 0.6) is 0 Å². The maximum Gasteiger partial charge on any atom is 0.329 e. The largest absolute Gasteiger partial charge is 0.460 e. The molecule has 14 nitrogen and oxygen atoms in total. The number of rotatable bonds is 13. The number of unbranched alkanes of at least 4 members (excludes halogenated alkanes) is 1. The fraction of sp³-hybridized carbons (Fsp3) is 0.759. The van der Waals surface area contributed by atoms with E-state index in [1.165, 1.54) is 4.90 Å². The van der Waals surface area contributed by atoms with E-state index in [-0.39, 0.29) is 80.7 Å². The lowest BCUT2D eigenvalue weighted by Crippen LogP contribution is -2.61. The molecular weight excluding hydrogens is 919 g/mol. The quantitative estimate of drug-likeness (QED) is 0.0689. The molecule has 0 aromatic carbocycles. The Labute approximate surface area is 432 Å². The number of carbonyl (C=O) groups is 4. The highest BCUT2D eigenvalue weighted by molar-refractivity contribution is 6.39. The van der Waals surface area contributed by atoms with Crippen LogP contribution >= 0.6 is 0 Å². The highest BCUT2D eigenvalue weighted by Gasteiger charge is 2.53. The third-order valence-electron chi connectivity index (χ3n) is 15.9. The van der Waals surface area contributed by atoms with Gasteiger partial charge in [0.25, 0.3) is 11.7 Å². The van der Waals surface area contributed by atoms with Gasteiger partial charge in [0.05, 0.1) is 24.4 Å². The minimum atomic E-state index is -2.45. The lowest BCUT2D eigenvalue weighted by atomic mass is 9.78. The van der Waals surface area contributed by atoms with E-state index in [1.807, 2.05) is 38.2 Å². The molecule has 4 rings (SSSR count). The number of fused-ring (bicyclic) bond motifs is 3. The molecule has 0 spiro atoms. The molecule has 0 aromatic rings. The number of nitrogens with zero attached hydrogens (tertiary/aromatic N) is 1. The Kier molecular flexibility index (Phi) is 25.7. The van der Waals surface area contributed by atoms with Crippen molar-refractivity contribution < 1.29 is 62.9 Å². The molecule has 3 aliphatic heterocycles. The van der Waals surface area contributed by atoms with Crippen molar-refractivity contribution >= 4 is 23.4 Å². The molecule has 2 bridgehead atoms. The molecule has 408 valence electrons. The number of allylic oxidation sites excluding steroid dienone is 6. The zero-order valence-corrected chi connectivity index (χ0v) is 45.6. The summed E-state index contributed by atoms with van der Waals surface area (Å²) in [7, 11) is 3.25. The van der Waals surface area contributed by atoms with Gasteiger partial charge in [-0.2, -0.15) is 0 Å². The maximum atomic E-state index is 14.6. The van der Waals surface area contributed by atoms with Gasteiger partial charge in [-0.3, -0.25) is 14.4 Å². The Morgan fingerprint density at radius 1 is 0.875 bits per heavy atom. The topological polar surface area (TPSA) is 188 Å². The van der Waals surface area contributed by atoms with E-state index in [4.69, 9.17) is 28.4 Å². The van der Waals surface area contributed by atoms with Gasteiger partial charge in [-0.05, 0) is 131 Å². The van der Waals surface area contributed by atoms with Gasteiger partial charge in [0.1, 0.15) is 30.1 Å². The minimum absolute atomic E-state index is 0.00593. The number of ether oxygens (including phenoxy) is 6. The monoisotopic (exact) mass is 1010 g/mol. The molecule has 0 radical (unpaired) electrons. The molecule has 72 heavy (non-hydrogen) atoms. The van der Waals surface area contributed by atoms with Crippen molar-refractivity contribution in [3.63, 3.8) is 0 Å². The summed E-state index contributed by atoms with van der Waals surface area (Å²) in [5, 5.41) is 33.3. The van der Waals surface area contributed by atoms with Crippen molar-refractivity contribution in [3.05, 3.63) is 59.8 Å². The summed E-state index contributed by atoms with van der Waals surface area (Å²) >= 11 is 0. The van der Waals surface area contributed by atoms with Crippen LogP contribution in [-0.2, 0) is 47.6 Å². The van der Waals surface area contributed by atoms with Gasteiger partial charge in [0, 0.05) is 65.3 Å². The van der Waals surface area contributed by atoms with Gasteiger partial charge in [0.15, 0.2) is 0 Å². The Morgan fingerprint density at radius 2 is 1.61 bits per heavy atom.